The first-order valence-electron chi connectivity index (χ1n) is 23.7. The lowest BCUT2D eigenvalue weighted by atomic mass is 9.72. The van der Waals surface area contributed by atoms with Crippen LogP contribution in [0.2, 0.25) is 0 Å². The van der Waals surface area contributed by atoms with Gasteiger partial charge in [0.05, 0.1) is 26.4 Å². The number of cyclic esters (lactones) is 1. The van der Waals surface area contributed by atoms with Crippen LogP contribution in [-0.2, 0) is 28.5 Å². The molecule has 4 saturated heterocycles. The Morgan fingerprint density at radius 1 is 0.576 bits per heavy atom. The van der Waals surface area contributed by atoms with E-state index in [1.54, 1.807) is 12.0 Å². The molecule has 2 aromatic carbocycles. The summed E-state index contributed by atoms with van der Waals surface area (Å²) in [6, 6.07) is 15.9. The minimum Gasteiger partial charge on any atom is -0.497 e. The van der Waals surface area contributed by atoms with Gasteiger partial charge in [0, 0.05) is 29.4 Å². The second kappa shape index (κ2) is 16.9. The summed E-state index contributed by atoms with van der Waals surface area (Å²) in [4.78, 5) is 33.3. The fourth-order valence-corrected chi connectivity index (χ4v) is 13.2. The zero-order chi connectivity index (χ0) is 40.0. The first-order chi connectivity index (χ1) is 29.0. The van der Waals surface area contributed by atoms with Crippen LogP contribution >= 0.6 is 0 Å². The number of anilines is 1. The summed E-state index contributed by atoms with van der Waals surface area (Å²) >= 11 is 0. The maximum atomic E-state index is 14.9. The van der Waals surface area contributed by atoms with Crippen molar-refractivity contribution in [3.8, 4) is 5.75 Å². The van der Waals surface area contributed by atoms with Crippen molar-refractivity contribution < 1.29 is 38.0 Å². The third-order valence-corrected chi connectivity index (χ3v) is 16.0. The molecule has 0 radical (unpaired) electrons. The zero-order valence-corrected chi connectivity index (χ0v) is 35.2. The van der Waals surface area contributed by atoms with Gasteiger partial charge in [-0.3, -0.25) is 9.69 Å². The number of amides is 2. The molecule has 10 heteroatoms. The summed E-state index contributed by atoms with van der Waals surface area (Å²) in [5.41, 5.74) is 1.72. The quantitative estimate of drug-likeness (QED) is 0.219. The number of ether oxygens (including phenoxy) is 6. The van der Waals surface area contributed by atoms with Crippen LogP contribution in [0.15, 0.2) is 54.6 Å². The van der Waals surface area contributed by atoms with Crippen molar-refractivity contribution in [2.75, 3.05) is 25.2 Å². The van der Waals surface area contributed by atoms with E-state index in [0.717, 1.165) is 68.4 Å². The number of rotatable bonds is 10. The van der Waals surface area contributed by atoms with Crippen molar-refractivity contribution >= 4 is 17.7 Å². The van der Waals surface area contributed by atoms with Crippen molar-refractivity contribution in [2.45, 2.75) is 176 Å². The second-order valence-corrected chi connectivity index (χ2v) is 19.2. The van der Waals surface area contributed by atoms with Crippen LogP contribution in [0, 0.1) is 23.7 Å². The molecule has 59 heavy (non-hydrogen) atoms. The molecule has 8 aliphatic rings. The molecule has 4 saturated carbocycles. The average molecular weight is 811 g/mol. The molecule has 10 nitrogen and oxygen atoms in total. The monoisotopic (exact) mass is 810 g/mol. The van der Waals surface area contributed by atoms with Gasteiger partial charge in [0.25, 0.3) is 5.91 Å². The Kier molecular flexibility index (Phi) is 11.5. The Morgan fingerprint density at radius 2 is 1.05 bits per heavy atom. The number of methoxy groups -OCH3 is 1. The van der Waals surface area contributed by atoms with Crippen molar-refractivity contribution in [1.29, 1.82) is 0 Å². The summed E-state index contributed by atoms with van der Waals surface area (Å²) in [5.74, 6) is 0.444. The minimum absolute atomic E-state index is 0.140. The second-order valence-electron chi connectivity index (χ2n) is 19.2. The van der Waals surface area contributed by atoms with E-state index < -0.39 is 54.1 Å². The summed E-state index contributed by atoms with van der Waals surface area (Å²) in [6.07, 6.45) is 21.2. The smallest absolute Gasteiger partial charge is 0.411 e. The fraction of sp³-hybridized carbons (Fsp3) is 0.714. The zero-order valence-electron chi connectivity index (χ0n) is 35.2. The van der Waals surface area contributed by atoms with E-state index in [1.165, 1.54) is 77.0 Å². The number of hydrogen-bond donors (Lipinski definition) is 0. The van der Waals surface area contributed by atoms with Crippen LogP contribution in [0.4, 0.5) is 10.5 Å². The molecule has 0 aromatic heterocycles. The van der Waals surface area contributed by atoms with E-state index >= 15 is 0 Å². The standard InChI is InChI=1S/C49H66N2O8/c1-54-39-29-27-38(28-30-39)50-42(33-17-7-2-8-18-33)44(46(50)52)51-43(40-31-55-48(58-40,34-19-9-3-10-20-34)35-21-11-4-12-22-35)45(57-47(51)53)41-32-56-49(59-41,36-23-13-5-14-24-36)37-25-15-6-16-26-37/h2,7-8,17-18,27-30,34-37,40-45H,3-6,9-16,19-26,31-32H2,1H3/t40-,41-,42+,43-,44+,45-/m1/s1. The molecule has 4 aliphatic carbocycles. The summed E-state index contributed by atoms with van der Waals surface area (Å²) in [5, 5.41) is 0. The van der Waals surface area contributed by atoms with Gasteiger partial charge in [0.2, 0.25) is 0 Å². The van der Waals surface area contributed by atoms with Gasteiger partial charge in [-0.2, -0.15) is 0 Å². The third-order valence-electron chi connectivity index (χ3n) is 16.0. The van der Waals surface area contributed by atoms with Crippen LogP contribution < -0.4 is 9.64 Å². The number of β-lactam (4-membered cyclic amide) rings is 1. The van der Waals surface area contributed by atoms with E-state index in [4.69, 9.17) is 28.4 Å². The van der Waals surface area contributed by atoms with Crippen LogP contribution in [-0.4, -0.2) is 79.2 Å². The highest BCUT2D eigenvalue weighted by atomic mass is 16.8. The molecule has 8 fully saturated rings. The topological polar surface area (TPSA) is 96.0 Å². The van der Waals surface area contributed by atoms with Crippen LogP contribution in [0.1, 0.15) is 140 Å². The molecule has 0 bridgehead atoms. The van der Waals surface area contributed by atoms with Crippen molar-refractivity contribution in [2.24, 2.45) is 23.7 Å². The van der Waals surface area contributed by atoms with Gasteiger partial charge in [-0.1, -0.05) is 107 Å². The van der Waals surface area contributed by atoms with E-state index in [-0.39, 0.29) is 5.91 Å². The number of hydrogen-bond acceptors (Lipinski definition) is 8. The summed E-state index contributed by atoms with van der Waals surface area (Å²) in [7, 11) is 1.64. The normalized spacial score (nSPS) is 33.6. The molecular formula is C49H66N2O8. The lowest BCUT2D eigenvalue weighted by molar-refractivity contribution is -0.261. The Hall–Kier alpha value is -3.18. The largest absolute Gasteiger partial charge is 0.497 e. The number of carbonyl (C=O) groups excluding carboxylic acids is 2. The molecule has 0 spiro atoms. The number of benzene rings is 2. The van der Waals surface area contributed by atoms with Crippen molar-refractivity contribution in [1.82, 2.24) is 4.90 Å². The highest BCUT2D eigenvalue weighted by Crippen LogP contribution is 2.54. The van der Waals surface area contributed by atoms with Crippen LogP contribution in [0.3, 0.4) is 0 Å². The van der Waals surface area contributed by atoms with Gasteiger partial charge in [0.15, 0.2) is 17.7 Å². The van der Waals surface area contributed by atoms with Gasteiger partial charge in [-0.05, 0) is 81.2 Å². The van der Waals surface area contributed by atoms with Gasteiger partial charge in [-0.25, -0.2) is 4.79 Å². The molecular weight excluding hydrogens is 745 g/mol. The predicted molar refractivity (Wildman–Crippen MR) is 223 cm³/mol. The molecule has 10 rings (SSSR count). The summed E-state index contributed by atoms with van der Waals surface area (Å²) < 4.78 is 41.3. The summed E-state index contributed by atoms with van der Waals surface area (Å²) in [6.45, 7) is 0.711. The first kappa shape index (κ1) is 39.9. The Morgan fingerprint density at radius 3 is 1.54 bits per heavy atom. The van der Waals surface area contributed by atoms with Gasteiger partial charge < -0.3 is 33.3 Å². The van der Waals surface area contributed by atoms with Crippen LogP contribution in [0.25, 0.3) is 0 Å². The average Bonchev–Trinajstić information content (AvgIpc) is 4.04. The molecule has 0 unspecified atom stereocenters. The van der Waals surface area contributed by atoms with E-state index in [1.807, 2.05) is 47.4 Å². The maximum Gasteiger partial charge on any atom is 0.411 e. The van der Waals surface area contributed by atoms with Crippen LogP contribution in [0.5, 0.6) is 5.75 Å². The number of carbonyl (C=O) groups is 2. The van der Waals surface area contributed by atoms with E-state index in [2.05, 4.69) is 12.1 Å². The van der Waals surface area contributed by atoms with Gasteiger partial charge in [0.1, 0.15) is 30.0 Å². The SMILES string of the molecule is COc1ccc(N2C(=O)[C@@H](N3C(=O)O[C@H]([C@H]4COC(C5CCCCC5)(C5CCCCC5)O4)[C@H]3[C@H]3COC(C4CCCCC4)(C4CCCCC4)O3)[C@@H]2c2ccccc2)cc1. The lowest BCUT2D eigenvalue weighted by Gasteiger charge is -2.52. The predicted octanol–water partition coefficient (Wildman–Crippen LogP) is 9.89. The Bertz CT molecular complexity index is 1710. The first-order valence-corrected chi connectivity index (χ1v) is 23.7. The highest BCUT2D eigenvalue weighted by molar-refractivity contribution is 6.07. The van der Waals surface area contributed by atoms with E-state index in [0.29, 0.717) is 36.9 Å². The molecule has 320 valence electrons. The molecule has 4 heterocycles. The third kappa shape index (κ3) is 7.10. The maximum absolute atomic E-state index is 14.9. The van der Waals surface area contributed by atoms with Gasteiger partial charge >= 0.3 is 6.09 Å². The molecule has 0 N–H and O–H groups in total. The number of nitrogens with zero attached hydrogens (tertiary/aromatic N) is 2. The van der Waals surface area contributed by atoms with Crippen molar-refractivity contribution in [3.05, 3.63) is 60.2 Å². The van der Waals surface area contributed by atoms with E-state index in [9.17, 15) is 9.59 Å². The van der Waals surface area contributed by atoms with Gasteiger partial charge in [-0.15, -0.1) is 0 Å². The minimum atomic E-state index is -0.797. The molecule has 6 atom stereocenters. The van der Waals surface area contributed by atoms with Crippen molar-refractivity contribution in [3.63, 3.8) is 0 Å². The fourth-order valence-electron chi connectivity index (χ4n) is 13.2. The Labute approximate surface area is 350 Å². The lowest BCUT2D eigenvalue weighted by Crippen LogP contribution is -2.69. The molecule has 2 aromatic rings. The molecule has 2 amide bonds. The molecule has 4 aliphatic heterocycles. The Balaban J connectivity index is 1.03. The highest BCUT2D eigenvalue weighted by Gasteiger charge is 2.66.